The van der Waals surface area contributed by atoms with Crippen LogP contribution in [0.25, 0.3) is 0 Å². The zero-order chi connectivity index (χ0) is 20.2. The Morgan fingerprint density at radius 2 is 1.79 bits per heavy atom. The van der Waals surface area contributed by atoms with E-state index in [0.29, 0.717) is 25.7 Å². The molecule has 2 aliphatic rings. The number of hydrogen-bond donors (Lipinski definition) is 2. The first kappa shape index (κ1) is 26.3. The number of morpholine rings is 1. The number of halogens is 1. The zero-order valence-corrected chi connectivity index (χ0v) is 20.4. The molecule has 0 spiro atoms. The number of likely N-dealkylation sites (N-methyl/N-ethyl adjacent to an activating group) is 1. The van der Waals surface area contributed by atoms with Crippen LogP contribution in [-0.4, -0.2) is 114 Å². The Labute approximate surface area is 191 Å². The number of hydrogen-bond acceptors (Lipinski definition) is 6. The van der Waals surface area contributed by atoms with E-state index in [0.717, 1.165) is 58.7 Å². The van der Waals surface area contributed by atoms with Crippen LogP contribution in [0.1, 0.15) is 19.3 Å². The van der Waals surface area contributed by atoms with Crippen molar-refractivity contribution in [3.8, 4) is 0 Å². The van der Waals surface area contributed by atoms with Gasteiger partial charge in [-0.1, -0.05) is 0 Å². The van der Waals surface area contributed by atoms with E-state index in [2.05, 4.69) is 20.5 Å². The second kappa shape index (κ2) is 14.3. The molecule has 2 rings (SSSR count). The molecule has 9 nitrogen and oxygen atoms in total. The van der Waals surface area contributed by atoms with Gasteiger partial charge in [0.1, 0.15) is 6.54 Å². The summed E-state index contributed by atoms with van der Waals surface area (Å²) >= 11 is 0. The summed E-state index contributed by atoms with van der Waals surface area (Å²) in [5, 5.41) is 6.73. The number of carbonyl (C=O) groups is 1. The highest BCUT2D eigenvalue weighted by atomic mass is 127. The van der Waals surface area contributed by atoms with Crippen LogP contribution in [0.15, 0.2) is 4.99 Å². The predicted molar refractivity (Wildman–Crippen MR) is 124 cm³/mol. The van der Waals surface area contributed by atoms with Crippen LogP contribution in [0.4, 0.5) is 0 Å². The van der Waals surface area contributed by atoms with Crippen LogP contribution in [-0.2, 0) is 19.0 Å². The predicted octanol–water partition coefficient (Wildman–Crippen LogP) is 0.146. The fraction of sp³-hybridized carbons (Fsp3) is 0.895. The summed E-state index contributed by atoms with van der Waals surface area (Å²) in [7, 11) is 5.22. The first-order valence-corrected chi connectivity index (χ1v) is 10.2. The highest BCUT2D eigenvalue weighted by Crippen LogP contribution is 2.23. The van der Waals surface area contributed by atoms with Crippen LogP contribution in [0.3, 0.4) is 0 Å². The normalized spacial score (nSPS) is 19.9. The average molecular weight is 527 g/mol. The summed E-state index contributed by atoms with van der Waals surface area (Å²) in [5.74, 6) is 0.627. The molecular formula is C19H38IN5O4. The molecule has 2 saturated heterocycles. The van der Waals surface area contributed by atoms with Crippen LogP contribution < -0.4 is 10.6 Å². The summed E-state index contributed by atoms with van der Waals surface area (Å²) in [6.45, 7) is 7.61. The van der Waals surface area contributed by atoms with E-state index in [1.54, 1.807) is 26.1 Å². The number of rotatable bonds is 9. The van der Waals surface area contributed by atoms with E-state index < -0.39 is 0 Å². The van der Waals surface area contributed by atoms with Crippen LogP contribution in [0.2, 0.25) is 0 Å². The molecular weight excluding hydrogens is 489 g/mol. The first-order chi connectivity index (χ1) is 13.5. The number of nitrogens with one attached hydrogen (secondary N) is 2. The number of ether oxygens (including phenoxy) is 3. The molecule has 0 unspecified atom stereocenters. The van der Waals surface area contributed by atoms with Crippen molar-refractivity contribution in [3.05, 3.63) is 0 Å². The molecule has 2 heterocycles. The van der Waals surface area contributed by atoms with Gasteiger partial charge in [-0.3, -0.25) is 9.69 Å². The number of carbonyl (C=O) groups excluding carboxylic acids is 1. The van der Waals surface area contributed by atoms with Crippen molar-refractivity contribution in [2.24, 2.45) is 4.99 Å². The van der Waals surface area contributed by atoms with E-state index in [9.17, 15) is 4.79 Å². The summed E-state index contributed by atoms with van der Waals surface area (Å²) in [4.78, 5) is 20.3. The first-order valence-electron chi connectivity index (χ1n) is 10.2. The monoisotopic (exact) mass is 527 g/mol. The standard InChI is InChI=1S/C19H37N5O4.HI/c1-23(2)17(25)15-21-18(20-7-4-8-24-9-13-28-14-10-24)22-16-19(26-3)5-11-27-12-6-19;/h4-16H2,1-3H3,(H2,20,21,22);1H. The lowest BCUT2D eigenvalue weighted by Gasteiger charge is -2.36. The Morgan fingerprint density at radius 1 is 1.14 bits per heavy atom. The van der Waals surface area contributed by atoms with Gasteiger partial charge in [0.15, 0.2) is 5.96 Å². The molecule has 2 aliphatic heterocycles. The Hall–Kier alpha value is -0.690. The number of methoxy groups -OCH3 is 1. The second-order valence-corrected chi connectivity index (χ2v) is 7.54. The van der Waals surface area contributed by atoms with Gasteiger partial charge in [-0.25, -0.2) is 4.99 Å². The minimum atomic E-state index is -0.250. The van der Waals surface area contributed by atoms with Crippen LogP contribution in [0, 0.1) is 0 Å². The van der Waals surface area contributed by atoms with Crippen molar-refractivity contribution in [3.63, 3.8) is 0 Å². The molecule has 10 heteroatoms. The third kappa shape index (κ3) is 9.77. The van der Waals surface area contributed by atoms with E-state index >= 15 is 0 Å². The third-order valence-corrected chi connectivity index (χ3v) is 5.33. The minimum absolute atomic E-state index is 0. The maximum Gasteiger partial charge on any atom is 0.243 e. The smallest absolute Gasteiger partial charge is 0.243 e. The molecule has 0 aliphatic carbocycles. The maximum atomic E-state index is 11.9. The minimum Gasteiger partial charge on any atom is -0.381 e. The molecule has 0 atom stereocenters. The van der Waals surface area contributed by atoms with Gasteiger partial charge in [0.2, 0.25) is 5.91 Å². The van der Waals surface area contributed by atoms with Gasteiger partial charge in [-0.15, -0.1) is 24.0 Å². The van der Waals surface area contributed by atoms with Crippen molar-refractivity contribution in [1.29, 1.82) is 0 Å². The maximum absolute atomic E-state index is 11.9. The quantitative estimate of drug-likeness (QED) is 0.191. The Bertz CT molecular complexity index is 495. The number of amides is 1. The topological polar surface area (TPSA) is 87.7 Å². The molecule has 1 amide bonds. The number of guanidine groups is 1. The van der Waals surface area contributed by atoms with Crippen LogP contribution >= 0.6 is 24.0 Å². The molecule has 0 aromatic carbocycles. The molecule has 0 bridgehead atoms. The lowest BCUT2D eigenvalue weighted by atomic mass is 9.94. The lowest BCUT2D eigenvalue weighted by molar-refractivity contribution is -0.127. The average Bonchev–Trinajstić information content (AvgIpc) is 2.73. The van der Waals surface area contributed by atoms with E-state index in [-0.39, 0.29) is 42.0 Å². The highest BCUT2D eigenvalue weighted by Gasteiger charge is 2.32. The molecule has 0 aromatic heterocycles. The summed E-state index contributed by atoms with van der Waals surface area (Å²) in [5.41, 5.74) is -0.250. The van der Waals surface area contributed by atoms with Gasteiger partial charge >= 0.3 is 0 Å². The zero-order valence-electron chi connectivity index (χ0n) is 18.1. The van der Waals surface area contributed by atoms with E-state index in [1.807, 2.05) is 0 Å². The number of aliphatic imine (C=N–C) groups is 1. The third-order valence-electron chi connectivity index (χ3n) is 5.33. The van der Waals surface area contributed by atoms with Crippen molar-refractivity contribution in [2.75, 3.05) is 86.9 Å². The molecule has 2 N–H and O–H groups in total. The fourth-order valence-electron chi connectivity index (χ4n) is 3.24. The summed E-state index contributed by atoms with van der Waals surface area (Å²) < 4.78 is 16.6. The van der Waals surface area contributed by atoms with Gasteiger partial charge in [-0.2, -0.15) is 0 Å². The Balaban J connectivity index is 0.00000420. The van der Waals surface area contributed by atoms with Crippen molar-refractivity contribution >= 4 is 35.8 Å². The second-order valence-electron chi connectivity index (χ2n) is 7.54. The van der Waals surface area contributed by atoms with Crippen molar-refractivity contribution in [2.45, 2.75) is 24.9 Å². The lowest BCUT2D eigenvalue weighted by Crippen LogP contribution is -2.51. The Kier molecular flexibility index (Phi) is 13.0. The SMILES string of the molecule is COC1(CNC(=NCC(=O)N(C)C)NCCCN2CCOCC2)CCOCC1.I. The summed E-state index contributed by atoms with van der Waals surface area (Å²) in [6, 6.07) is 0. The van der Waals surface area contributed by atoms with E-state index in [4.69, 9.17) is 14.2 Å². The molecule has 170 valence electrons. The fourth-order valence-corrected chi connectivity index (χ4v) is 3.24. The van der Waals surface area contributed by atoms with Gasteiger partial charge in [0, 0.05) is 73.4 Å². The molecule has 0 saturated carbocycles. The highest BCUT2D eigenvalue weighted by molar-refractivity contribution is 14.0. The van der Waals surface area contributed by atoms with Gasteiger partial charge in [-0.05, 0) is 13.0 Å². The Morgan fingerprint density at radius 3 is 2.41 bits per heavy atom. The summed E-state index contributed by atoms with van der Waals surface area (Å²) in [6.07, 6.45) is 2.69. The number of nitrogens with zero attached hydrogens (tertiary/aromatic N) is 3. The van der Waals surface area contributed by atoms with Gasteiger partial charge in [0.25, 0.3) is 0 Å². The molecule has 0 aromatic rings. The largest absolute Gasteiger partial charge is 0.381 e. The van der Waals surface area contributed by atoms with Crippen molar-refractivity contribution < 1.29 is 19.0 Å². The molecule has 29 heavy (non-hydrogen) atoms. The van der Waals surface area contributed by atoms with Gasteiger partial charge < -0.3 is 29.7 Å². The molecule has 2 fully saturated rings. The van der Waals surface area contributed by atoms with Gasteiger partial charge in [0.05, 0.1) is 18.8 Å². The molecule has 0 radical (unpaired) electrons. The van der Waals surface area contributed by atoms with Crippen molar-refractivity contribution in [1.82, 2.24) is 20.4 Å². The van der Waals surface area contributed by atoms with Crippen LogP contribution in [0.5, 0.6) is 0 Å². The van der Waals surface area contributed by atoms with E-state index in [1.165, 1.54) is 0 Å².